The molecule has 6 heteroatoms. The normalized spacial score (nSPS) is 12.6. The molecule has 1 heterocycles. The van der Waals surface area contributed by atoms with Crippen molar-refractivity contribution < 1.29 is 14.0 Å². The van der Waals surface area contributed by atoms with Gasteiger partial charge in [0.25, 0.3) is 0 Å². The summed E-state index contributed by atoms with van der Waals surface area (Å²) in [5.41, 5.74) is 0.474. The smallest absolute Gasteiger partial charge is 0.228 e. The van der Waals surface area contributed by atoms with Gasteiger partial charge in [0.15, 0.2) is 11.6 Å². The zero-order valence-corrected chi connectivity index (χ0v) is 10.9. The van der Waals surface area contributed by atoms with Crippen LogP contribution in [0.4, 0.5) is 4.39 Å². The SMILES string of the molecule is CCNC(C)Cc1nc(-c2ccc(O)c(F)c2)no1. The van der Waals surface area contributed by atoms with Gasteiger partial charge in [-0.25, -0.2) is 4.39 Å². The van der Waals surface area contributed by atoms with E-state index in [9.17, 15) is 4.39 Å². The first-order valence-electron chi connectivity index (χ1n) is 6.15. The minimum absolute atomic E-state index is 0.231. The molecule has 1 unspecified atom stereocenters. The van der Waals surface area contributed by atoms with Crippen LogP contribution in [0.15, 0.2) is 22.7 Å². The number of hydrogen-bond acceptors (Lipinski definition) is 5. The fourth-order valence-corrected chi connectivity index (χ4v) is 1.78. The van der Waals surface area contributed by atoms with Crippen molar-refractivity contribution >= 4 is 0 Å². The highest BCUT2D eigenvalue weighted by atomic mass is 19.1. The van der Waals surface area contributed by atoms with Gasteiger partial charge in [0, 0.05) is 18.0 Å². The van der Waals surface area contributed by atoms with Crippen LogP contribution in [0.3, 0.4) is 0 Å². The highest BCUT2D eigenvalue weighted by Crippen LogP contribution is 2.22. The monoisotopic (exact) mass is 265 g/mol. The Balaban J connectivity index is 2.14. The lowest BCUT2D eigenvalue weighted by molar-refractivity contribution is 0.363. The number of phenols is 1. The van der Waals surface area contributed by atoms with Crippen LogP contribution in [0.5, 0.6) is 5.75 Å². The third kappa shape index (κ3) is 3.29. The summed E-state index contributed by atoms with van der Waals surface area (Å²) < 4.78 is 18.4. The summed E-state index contributed by atoms with van der Waals surface area (Å²) in [6.07, 6.45) is 0.613. The highest BCUT2D eigenvalue weighted by molar-refractivity contribution is 5.55. The molecule has 1 atom stereocenters. The second-order valence-corrected chi connectivity index (χ2v) is 4.34. The number of nitrogens with one attached hydrogen (secondary N) is 1. The van der Waals surface area contributed by atoms with Crippen molar-refractivity contribution in [1.29, 1.82) is 0 Å². The van der Waals surface area contributed by atoms with E-state index in [1.807, 2.05) is 13.8 Å². The molecule has 0 aliphatic heterocycles. The fraction of sp³-hybridized carbons (Fsp3) is 0.385. The molecule has 0 bridgehead atoms. The van der Waals surface area contributed by atoms with Crippen LogP contribution in [0.2, 0.25) is 0 Å². The number of halogens is 1. The molecular formula is C13H16FN3O2. The van der Waals surface area contributed by atoms with E-state index in [0.29, 0.717) is 23.7 Å². The summed E-state index contributed by atoms with van der Waals surface area (Å²) in [5.74, 6) is -0.285. The maximum absolute atomic E-state index is 13.2. The molecular weight excluding hydrogens is 249 g/mol. The van der Waals surface area contributed by atoms with Crippen molar-refractivity contribution in [3.05, 3.63) is 29.9 Å². The number of hydrogen-bond donors (Lipinski definition) is 2. The van der Waals surface area contributed by atoms with Gasteiger partial charge in [-0.2, -0.15) is 4.98 Å². The van der Waals surface area contributed by atoms with Gasteiger partial charge in [0.1, 0.15) is 0 Å². The largest absolute Gasteiger partial charge is 0.505 e. The van der Waals surface area contributed by atoms with Crippen LogP contribution in [-0.4, -0.2) is 27.8 Å². The molecule has 0 amide bonds. The van der Waals surface area contributed by atoms with Crippen molar-refractivity contribution in [2.24, 2.45) is 0 Å². The Kier molecular flexibility index (Phi) is 4.11. The van der Waals surface area contributed by atoms with E-state index in [1.54, 1.807) is 6.07 Å². The molecule has 2 rings (SSSR count). The van der Waals surface area contributed by atoms with E-state index in [1.165, 1.54) is 12.1 Å². The van der Waals surface area contributed by atoms with Gasteiger partial charge in [-0.05, 0) is 31.7 Å². The van der Waals surface area contributed by atoms with Crippen LogP contribution in [0, 0.1) is 5.82 Å². The lowest BCUT2D eigenvalue weighted by Gasteiger charge is -2.07. The van der Waals surface area contributed by atoms with Crippen LogP contribution in [0.25, 0.3) is 11.4 Å². The first kappa shape index (κ1) is 13.5. The Hall–Kier alpha value is -1.95. The molecule has 0 saturated carbocycles. The summed E-state index contributed by atoms with van der Waals surface area (Å²) in [6.45, 7) is 4.91. The van der Waals surface area contributed by atoms with Gasteiger partial charge >= 0.3 is 0 Å². The topological polar surface area (TPSA) is 71.2 Å². The molecule has 0 saturated heterocycles. The lowest BCUT2D eigenvalue weighted by Crippen LogP contribution is -2.27. The number of phenolic OH excluding ortho intramolecular Hbond substituents is 1. The second kappa shape index (κ2) is 5.79. The third-order valence-corrected chi connectivity index (χ3v) is 2.71. The fourth-order valence-electron chi connectivity index (χ4n) is 1.78. The molecule has 102 valence electrons. The molecule has 0 radical (unpaired) electrons. The van der Waals surface area contributed by atoms with Gasteiger partial charge in [0.2, 0.25) is 11.7 Å². The van der Waals surface area contributed by atoms with Crippen molar-refractivity contribution in [3.8, 4) is 17.1 Å². The molecule has 2 aromatic rings. The Labute approximate surface area is 110 Å². The zero-order valence-electron chi connectivity index (χ0n) is 10.9. The number of aromatic hydroxyl groups is 1. The van der Waals surface area contributed by atoms with Gasteiger partial charge in [-0.3, -0.25) is 0 Å². The number of rotatable bonds is 5. The van der Waals surface area contributed by atoms with E-state index in [0.717, 1.165) is 6.54 Å². The molecule has 19 heavy (non-hydrogen) atoms. The van der Waals surface area contributed by atoms with Crippen molar-refractivity contribution in [2.45, 2.75) is 26.3 Å². The first-order valence-corrected chi connectivity index (χ1v) is 6.15. The molecule has 5 nitrogen and oxygen atoms in total. The standard InChI is InChI=1S/C13H16FN3O2/c1-3-15-8(2)6-12-16-13(17-19-12)9-4-5-11(18)10(14)7-9/h4-5,7-8,15,18H,3,6H2,1-2H3. The second-order valence-electron chi connectivity index (χ2n) is 4.34. The number of nitrogens with zero attached hydrogens (tertiary/aromatic N) is 2. The summed E-state index contributed by atoms with van der Waals surface area (Å²) in [5, 5.41) is 16.2. The van der Waals surface area contributed by atoms with Gasteiger partial charge in [-0.15, -0.1) is 0 Å². The van der Waals surface area contributed by atoms with Crippen molar-refractivity contribution in [2.75, 3.05) is 6.54 Å². The Bertz CT molecular complexity index is 557. The van der Waals surface area contributed by atoms with Crippen LogP contribution < -0.4 is 5.32 Å². The van der Waals surface area contributed by atoms with Crippen molar-refractivity contribution in [3.63, 3.8) is 0 Å². The zero-order chi connectivity index (χ0) is 13.8. The predicted octanol–water partition coefficient (Wildman–Crippen LogP) is 2.12. The van der Waals surface area contributed by atoms with E-state index in [4.69, 9.17) is 9.63 Å². The number of benzene rings is 1. The minimum atomic E-state index is -0.704. The average Bonchev–Trinajstić information content (AvgIpc) is 2.81. The Morgan fingerprint density at radius 3 is 2.95 bits per heavy atom. The molecule has 0 aliphatic carbocycles. The van der Waals surface area contributed by atoms with Gasteiger partial charge in [-0.1, -0.05) is 12.1 Å². The molecule has 0 fully saturated rings. The van der Waals surface area contributed by atoms with Gasteiger partial charge in [0.05, 0.1) is 0 Å². The van der Waals surface area contributed by atoms with Crippen LogP contribution in [0.1, 0.15) is 19.7 Å². The lowest BCUT2D eigenvalue weighted by atomic mass is 10.2. The third-order valence-electron chi connectivity index (χ3n) is 2.71. The summed E-state index contributed by atoms with van der Waals surface area (Å²) in [4.78, 5) is 4.21. The van der Waals surface area contributed by atoms with Crippen LogP contribution in [-0.2, 0) is 6.42 Å². The number of likely N-dealkylation sites (N-methyl/N-ethyl adjacent to an activating group) is 1. The summed E-state index contributed by atoms with van der Waals surface area (Å²) in [7, 11) is 0. The van der Waals surface area contributed by atoms with Crippen LogP contribution >= 0.6 is 0 Å². The molecule has 1 aromatic carbocycles. The summed E-state index contributed by atoms with van der Waals surface area (Å²) in [6, 6.07) is 4.22. The quantitative estimate of drug-likeness (QED) is 0.866. The average molecular weight is 265 g/mol. The van der Waals surface area contributed by atoms with E-state index < -0.39 is 11.6 Å². The van der Waals surface area contributed by atoms with E-state index >= 15 is 0 Å². The summed E-state index contributed by atoms with van der Waals surface area (Å²) >= 11 is 0. The highest BCUT2D eigenvalue weighted by Gasteiger charge is 2.13. The molecule has 0 aliphatic rings. The maximum Gasteiger partial charge on any atom is 0.228 e. The van der Waals surface area contributed by atoms with E-state index in [2.05, 4.69) is 15.5 Å². The number of aromatic nitrogens is 2. The van der Waals surface area contributed by atoms with Crippen molar-refractivity contribution in [1.82, 2.24) is 15.5 Å². The maximum atomic E-state index is 13.2. The first-order chi connectivity index (χ1) is 9.10. The molecule has 1 aromatic heterocycles. The van der Waals surface area contributed by atoms with E-state index in [-0.39, 0.29) is 6.04 Å². The molecule has 0 spiro atoms. The minimum Gasteiger partial charge on any atom is -0.505 e. The van der Waals surface area contributed by atoms with Gasteiger partial charge < -0.3 is 14.9 Å². The predicted molar refractivity (Wildman–Crippen MR) is 68.2 cm³/mol. The molecule has 2 N–H and O–H groups in total. The Morgan fingerprint density at radius 2 is 2.26 bits per heavy atom. The Morgan fingerprint density at radius 1 is 1.47 bits per heavy atom.